The van der Waals surface area contributed by atoms with Gasteiger partial charge in [-0.15, -0.1) is 0 Å². The lowest BCUT2D eigenvalue weighted by atomic mass is 9.80. The lowest BCUT2D eigenvalue weighted by Crippen LogP contribution is -2.47. The first-order valence-electron chi connectivity index (χ1n) is 12.6. The van der Waals surface area contributed by atoms with Gasteiger partial charge >= 0.3 is 11.9 Å². The number of ether oxygens (including phenoxy) is 2. The van der Waals surface area contributed by atoms with Crippen LogP contribution in [0.25, 0.3) is 0 Å². The number of anilines is 1. The van der Waals surface area contributed by atoms with E-state index in [0.717, 1.165) is 31.9 Å². The Morgan fingerprint density at radius 1 is 1.03 bits per heavy atom. The van der Waals surface area contributed by atoms with Gasteiger partial charge < -0.3 is 19.7 Å². The zero-order valence-electron chi connectivity index (χ0n) is 22.1. The van der Waals surface area contributed by atoms with Gasteiger partial charge in [0.2, 0.25) is 0 Å². The highest BCUT2D eigenvalue weighted by atomic mass is 19.1. The number of carbonyl (C=O) groups excluding carboxylic acids is 2. The number of rotatable bonds is 8. The van der Waals surface area contributed by atoms with E-state index in [1.165, 1.54) is 37.4 Å². The Morgan fingerprint density at radius 2 is 1.67 bits per heavy atom. The Bertz CT molecular complexity index is 1320. The molecule has 0 saturated carbocycles. The minimum atomic E-state index is -0.898. The third kappa shape index (κ3) is 6.26. The van der Waals surface area contributed by atoms with Gasteiger partial charge in [0.1, 0.15) is 12.4 Å². The molecule has 1 fully saturated rings. The molecule has 4 rings (SSSR count). The molecule has 0 amide bonds. The van der Waals surface area contributed by atoms with Crippen LogP contribution in [-0.4, -0.2) is 68.2 Å². The molecule has 0 bridgehead atoms. The van der Waals surface area contributed by atoms with Gasteiger partial charge in [0.25, 0.3) is 5.69 Å². The van der Waals surface area contributed by atoms with E-state index < -0.39 is 22.8 Å². The first-order valence-corrected chi connectivity index (χ1v) is 12.6. The van der Waals surface area contributed by atoms with E-state index in [2.05, 4.69) is 15.1 Å². The number of allylic oxidation sites excluding steroid dienone is 2. The molecule has 0 spiro atoms. The molecular weight excluding hydrogens is 507 g/mol. The first kappa shape index (κ1) is 27.8. The number of benzene rings is 2. The monoisotopic (exact) mass is 538 g/mol. The van der Waals surface area contributed by atoms with Crippen LogP contribution in [0.4, 0.5) is 15.8 Å². The van der Waals surface area contributed by atoms with E-state index in [4.69, 9.17) is 9.47 Å². The average molecular weight is 539 g/mol. The molecule has 1 atom stereocenters. The van der Waals surface area contributed by atoms with Crippen LogP contribution in [0.2, 0.25) is 0 Å². The second kappa shape index (κ2) is 12.1. The number of carbonyl (C=O) groups is 2. The van der Waals surface area contributed by atoms with Gasteiger partial charge in [-0.05, 0) is 43.7 Å². The quantitative estimate of drug-likeness (QED) is 0.306. The fraction of sp³-hybridized carbons (Fsp3) is 0.357. The largest absolute Gasteiger partial charge is 0.466 e. The Labute approximate surface area is 225 Å². The SMILES string of the molecule is COC(=O)C1=C(C)NC(C)=C(C(=O)OCCN2CCN(c3ccc(F)cc3)CC2)C1c1cccc([N+](=O)[O-])c1. The number of halogens is 1. The van der Waals surface area contributed by atoms with Gasteiger partial charge in [-0.25, -0.2) is 14.0 Å². The summed E-state index contributed by atoms with van der Waals surface area (Å²) in [7, 11) is 1.24. The van der Waals surface area contributed by atoms with Gasteiger partial charge in [-0.3, -0.25) is 15.0 Å². The molecule has 2 heterocycles. The van der Waals surface area contributed by atoms with E-state index in [9.17, 15) is 24.1 Å². The van der Waals surface area contributed by atoms with Crippen LogP contribution in [0.15, 0.2) is 71.1 Å². The van der Waals surface area contributed by atoms with Crippen LogP contribution in [-0.2, 0) is 19.1 Å². The number of nitro groups is 1. The summed E-state index contributed by atoms with van der Waals surface area (Å²) in [5.41, 5.74) is 2.59. The zero-order chi connectivity index (χ0) is 28.1. The van der Waals surface area contributed by atoms with Crippen molar-refractivity contribution in [2.75, 3.05) is 51.3 Å². The number of nitro benzene ring substituents is 1. The summed E-state index contributed by atoms with van der Waals surface area (Å²) >= 11 is 0. The second-order valence-electron chi connectivity index (χ2n) is 9.42. The molecule has 2 aromatic carbocycles. The van der Waals surface area contributed by atoms with Crippen LogP contribution >= 0.6 is 0 Å². The van der Waals surface area contributed by atoms with E-state index in [-0.39, 0.29) is 29.3 Å². The van der Waals surface area contributed by atoms with E-state index in [1.807, 2.05) is 0 Å². The topological polar surface area (TPSA) is 114 Å². The van der Waals surface area contributed by atoms with E-state index in [1.54, 1.807) is 32.0 Å². The van der Waals surface area contributed by atoms with Gasteiger partial charge in [-0.2, -0.15) is 0 Å². The third-order valence-corrected chi connectivity index (χ3v) is 7.00. The Hall–Kier alpha value is -4.25. The number of esters is 2. The second-order valence-corrected chi connectivity index (χ2v) is 9.42. The van der Waals surface area contributed by atoms with Crippen LogP contribution in [0.5, 0.6) is 0 Å². The number of hydrogen-bond acceptors (Lipinski definition) is 9. The molecule has 0 aliphatic carbocycles. The molecule has 1 N–H and O–H groups in total. The van der Waals surface area contributed by atoms with Crippen molar-refractivity contribution in [3.8, 4) is 0 Å². The number of dihydropyridines is 1. The summed E-state index contributed by atoms with van der Waals surface area (Å²) in [6, 6.07) is 12.3. The van der Waals surface area contributed by atoms with Crippen molar-refractivity contribution in [2.24, 2.45) is 0 Å². The van der Waals surface area contributed by atoms with Gasteiger partial charge in [0.05, 0.1) is 29.1 Å². The van der Waals surface area contributed by atoms with Crippen LogP contribution in [0.1, 0.15) is 25.3 Å². The maximum absolute atomic E-state index is 13.4. The first-order chi connectivity index (χ1) is 18.7. The molecule has 1 unspecified atom stereocenters. The number of hydrogen-bond donors (Lipinski definition) is 1. The van der Waals surface area contributed by atoms with Gasteiger partial charge in [-0.1, -0.05) is 12.1 Å². The minimum absolute atomic E-state index is 0.129. The van der Waals surface area contributed by atoms with E-state index in [0.29, 0.717) is 23.5 Å². The molecule has 0 radical (unpaired) electrons. The number of piperazine rings is 1. The lowest BCUT2D eigenvalue weighted by molar-refractivity contribution is -0.384. The van der Waals surface area contributed by atoms with Gasteiger partial charge in [0.15, 0.2) is 0 Å². The van der Waals surface area contributed by atoms with Crippen molar-refractivity contribution in [3.05, 3.63) is 92.6 Å². The molecule has 2 aromatic rings. The van der Waals surface area contributed by atoms with Crippen molar-refractivity contribution in [3.63, 3.8) is 0 Å². The molecule has 206 valence electrons. The van der Waals surface area contributed by atoms with Crippen molar-refractivity contribution < 1.29 is 28.4 Å². The minimum Gasteiger partial charge on any atom is -0.466 e. The maximum Gasteiger partial charge on any atom is 0.336 e. The summed E-state index contributed by atoms with van der Waals surface area (Å²) in [5, 5.41) is 14.5. The molecule has 2 aliphatic heterocycles. The third-order valence-electron chi connectivity index (χ3n) is 7.00. The standard InChI is InChI=1S/C28H31FN4O6/c1-18-24(27(34)38-3)26(20-5-4-6-23(17-20)33(36)37)25(19(2)30-18)28(35)39-16-15-31-11-13-32(14-12-31)22-9-7-21(29)8-10-22/h4-10,17,26,30H,11-16H2,1-3H3. The predicted octanol–water partition coefficient (Wildman–Crippen LogP) is 3.51. The van der Waals surface area contributed by atoms with Crippen molar-refractivity contribution in [1.29, 1.82) is 0 Å². The summed E-state index contributed by atoms with van der Waals surface area (Å²) in [6.45, 7) is 7.06. The molecule has 11 heteroatoms. The molecule has 0 aromatic heterocycles. The summed E-state index contributed by atoms with van der Waals surface area (Å²) in [5.74, 6) is -2.43. The molecular formula is C28H31FN4O6. The smallest absolute Gasteiger partial charge is 0.336 e. The highest BCUT2D eigenvalue weighted by Gasteiger charge is 2.38. The normalized spacial score (nSPS) is 18.1. The lowest BCUT2D eigenvalue weighted by Gasteiger charge is -2.36. The van der Waals surface area contributed by atoms with Crippen LogP contribution < -0.4 is 10.2 Å². The fourth-order valence-corrected chi connectivity index (χ4v) is 5.02. The Balaban J connectivity index is 1.45. The summed E-state index contributed by atoms with van der Waals surface area (Å²) < 4.78 is 23.9. The molecule has 2 aliphatic rings. The van der Waals surface area contributed by atoms with Crippen LogP contribution in [0.3, 0.4) is 0 Å². The molecule has 1 saturated heterocycles. The summed E-state index contributed by atoms with van der Waals surface area (Å²) in [4.78, 5) is 41.4. The van der Waals surface area contributed by atoms with Crippen molar-refractivity contribution in [1.82, 2.24) is 10.2 Å². The number of methoxy groups -OCH3 is 1. The predicted molar refractivity (Wildman–Crippen MR) is 142 cm³/mol. The highest BCUT2D eigenvalue weighted by molar-refractivity contribution is 5.99. The van der Waals surface area contributed by atoms with Crippen LogP contribution in [0, 0.1) is 15.9 Å². The van der Waals surface area contributed by atoms with Gasteiger partial charge in [0, 0.05) is 61.9 Å². The maximum atomic E-state index is 13.4. The highest BCUT2D eigenvalue weighted by Crippen LogP contribution is 2.40. The zero-order valence-corrected chi connectivity index (χ0v) is 22.1. The van der Waals surface area contributed by atoms with Crippen molar-refractivity contribution >= 4 is 23.3 Å². The van der Waals surface area contributed by atoms with E-state index >= 15 is 0 Å². The fourth-order valence-electron chi connectivity index (χ4n) is 5.02. The Morgan fingerprint density at radius 3 is 2.28 bits per heavy atom. The molecule has 39 heavy (non-hydrogen) atoms. The number of non-ortho nitro benzene ring substituents is 1. The average Bonchev–Trinajstić information content (AvgIpc) is 2.93. The number of nitrogens with one attached hydrogen (secondary N) is 1. The Kier molecular flexibility index (Phi) is 8.60. The number of nitrogens with zero attached hydrogens (tertiary/aromatic N) is 3. The van der Waals surface area contributed by atoms with Crippen molar-refractivity contribution in [2.45, 2.75) is 19.8 Å². The summed E-state index contributed by atoms with van der Waals surface area (Å²) in [6.07, 6.45) is 0. The molecule has 10 nitrogen and oxygen atoms in total.